The van der Waals surface area contributed by atoms with Crippen molar-refractivity contribution in [2.75, 3.05) is 0 Å². The lowest BCUT2D eigenvalue weighted by Crippen LogP contribution is -2.00. The zero-order valence-corrected chi connectivity index (χ0v) is 11.1. The van der Waals surface area contributed by atoms with Gasteiger partial charge in [0.2, 0.25) is 0 Å². The smallest absolute Gasteiger partial charge is 0.192 e. The highest BCUT2D eigenvalue weighted by Gasteiger charge is 2.02. The summed E-state index contributed by atoms with van der Waals surface area (Å²) in [6.07, 6.45) is 1.75. The maximum Gasteiger partial charge on any atom is 0.192 e. The van der Waals surface area contributed by atoms with E-state index in [4.69, 9.17) is 5.73 Å². The van der Waals surface area contributed by atoms with Crippen LogP contribution in [0.2, 0.25) is 0 Å². The van der Waals surface area contributed by atoms with Gasteiger partial charge in [-0.3, -0.25) is 0 Å². The summed E-state index contributed by atoms with van der Waals surface area (Å²) in [5.74, 6) is 0. The van der Waals surface area contributed by atoms with Crippen molar-refractivity contribution in [2.24, 2.45) is 5.73 Å². The van der Waals surface area contributed by atoms with Gasteiger partial charge in [-0.1, -0.05) is 30.3 Å². The molecule has 0 saturated heterocycles. The van der Waals surface area contributed by atoms with Gasteiger partial charge in [-0.15, -0.1) is 0 Å². The van der Waals surface area contributed by atoms with E-state index in [2.05, 4.69) is 40.3 Å². The highest BCUT2D eigenvalue weighted by atomic mass is 32.2. The summed E-state index contributed by atoms with van der Waals surface area (Å²) in [6.45, 7) is 0.438. The van der Waals surface area contributed by atoms with Crippen LogP contribution in [0.25, 0.3) is 10.8 Å². The Morgan fingerprint density at radius 3 is 2.68 bits per heavy atom. The molecule has 0 aliphatic rings. The predicted octanol–water partition coefficient (Wildman–Crippen LogP) is 3.24. The first-order chi connectivity index (χ1) is 9.35. The number of aromatic nitrogens is 2. The normalized spacial score (nSPS) is 10.8. The number of nitrogens with two attached hydrogens (primary N) is 1. The summed E-state index contributed by atoms with van der Waals surface area (Å²) in [5.41, 5.74) is 6.45. The quantitative estimate of drug-likeness (QED) is 0.740. The first kappa shape index (κ1) is 12.1. The molecule has 19 heavy (non-hydrogen) atoms. The molecule has 0 spiro atoms. The molecule has 0 fully saturated rings. The highest BCUT2D eigenvalue weighted by molar-refractivity contribution is 7.99. The minimum Gasteiger partial charge on any atom is -0.325 e. The molecule has 0 saturated carbocycles. The van der Waals surface area contributed by atoms with Crippen molar-refractivity contribution < 1.29 is 0 Å². The minimum absolute atomic E-state index is 0.438. The molecular weight excluding hydrogens is 254 g/mol. The Kier molecular flexibility index (Phi) is 3.44. The lowest BCUT2D eigenvalue weighted by Gasteiger charge is -2.03. The minimum atomic E-state index is 0.438. The summed E-state index contributed by atoms with van der Waals surface area (Å²) in [6, 6.07) is 16.5. The lowest BCUT2D eigenvalue weighted by atomic mass is 10.1. The van der Waals surface area contributed by atoms with Crippen molar-refractivity contribution in [3.05, 3.63) is 60.4 Å². The van der Waals surface area contributed by atoms with Crippen LogP contribution >= 0.6 is 11.8 Å². The fraction of sp³-hybridized carbons (Fsp3) is 0.0667. The van der Waals surface area contributed by atoms with Gasteiger partial charge in [0.25, 0.3) is 0 Å². The van der Waals surface area contributed by atoms with E-state index in [1.54, 1.807) is 18.0 Å². The number of rotatable bonds is 3. The van der Waals surface area contributed by atoms with Crippen LogP contribution in [-0.4, -0.2) is 9.97 Å². The molecule has 1 aromatic heterocycles. The van der Waals surface area contributed by atoms with E-state index in [1.165, 1.54) is 10.8 Å². The van der Waals surface area contributed by atoms with E-state index >= 15 is 0 Å². The summed E-state index contributed by atoms with van der Waals surface area (Å²) < 4.78 is 0. The largest absolute Gasteiger partial charge is 0.325 e. The average Bonchev–Trinajstić information content (AvgIpc) is 2.47. The third-order valence-corrected chi connectivity index (χ3v) is 3.70. The van der Waals surface area contributed by atoms with Crippen molar-refractivity contribution >= 4 is 22.5 Å². The van der Waals surface area contributed by atoms with E-state index in [0.717, 1.165) is 15.7 Å². The van der Waals surface area contributed by atoms with Gasteiger partial charge in [-0.25, -0.2) is 9.97 Å². The van der Waals surface area contributed by atoms with E-state index in [1.807, 2.05) is 18.2 Å². The zero-order chi connectivity index (χ0) is 13.1. The molecule has 0 atom stereocenters. The second kappa shape index (κ2) is 5.38. The van der Waals surface area contributed by atoms with Crippen LogP contribution in [0.1, 0.15) is 5.69 Å². The molecule has 3 nitrogen and oxygen atoms in total. The molecule has 0 unspecified atom stereocenters. The average molecular weight is 267 g/mol. The van der Waals surface area contributed by atoms with Gasteiger partial charge < -0.3 is 5.73 Å². The second-order valence-electron chi connectivity index (χ2n) is 4.15. The Labute approximate surface area is 115 Å². The van der Waals surface area contributed by atoms with Gasteiger partial charge >= 0.3 is 0 Å². The Balaban J connectivity index is 1.92. The molecule has 0 amide bonds. The number of hydrogen-bond donors (Lipinski definition) is 1. The number of benzene rings is 2. The lowest BCUT2D eigenvalue weighted by molar-refractivity contribution is 0.874. The molecule has 2 N–H and O–H groups in total. The van der Waals surface area contributed by atoms with Crippen molar-refractivity contribution in [2.45, 2.75) is 16.6 Å². The molecule has 0 bridgehead atoms. The van der Waals surface area contributed by atoms with E-state index in [0.29, 0.717) is 6.54 Å². The van der Waals surface area contributed by atoms with Crippen LogP contribution in [0, 0.1) is 0 Å². The maximum absolute atomic E-state index is 5.59. The first-order valence-electron chi connectivity index (χ1n) is 6.04. The summed E-state index contributed by atoms with van der Waals surface area (Å²) in [7, 11) is 0. The highest BCUT2D eigenvalue weighted by Crippen LogP contribution is 2.27. The molecule has 0 radical (unpaired) electrons. The number of hydrogen-bond acceptors (Lipinski definition) is 4. The van der Waals surface area contributed by atoms with Gasteiger partial charge in [0, 0.05) is 17.6 Å². The molecule has 3 aromatic rings. The predicted molar refractivity (Wildman–Crippen MR) is 78.0 cm³/mol. The van der Waals surface area contributed by atoms with E-state index in [9.17, 15) is 0 Å². The third-order valence-electron chi connectivity index (χ3n) is 2.83. The second-order valence-corrected chi connectivity index (χ2v) is 5.19. The Morgan fingerprint density at radius 1 is 1.00 bits per heavy atom. The Hall–Kier alpha value is -1.91. The summed E-state index contributed by atoms with van der Waals surface area (Å²) >= 11 is 1.55. The molecule has 94 valence electrons. The standard InChI is InChI=1S/C15H13N3S/c16-10-13-7-8-17-15(18-13)19-14-6-5-11-3-1-2-4-12(11)9-14/h1-9H,10,16H2. The zero-order valence-electron chi connectivity index (χ0n) is 10.3. The fourth-order valence-corrected chi connectivity index (χ4v) is 2.68. The van der Waals surface area contributed by atoms with Crippen molar-refractivity contribution in [1.29, 1.82) is 0 Å². The van der Waals surface area contributed by atoms with Gasteiger partial charge in [-0.2, -0.15) is 0 Å². The van der Waals surface area contributed by atoms with Crippen LogP contribution in [0.3, 0.4) is 0 Å². The molecule has 0 aliphatic heterocycles. The number of nitrogens with zero attached hydrogens (tertiary/aromatic N) is 2. The van der Waals surface area contributed by atoms with Crippen molar-refractivity contribution in [1.82, 2.24) is 9.97 Å². The Morgan fingerprint density at radius 2 is 1.84 bits per heavy atom. The van der Waals surface area contributed by atoms with Crippen LogP contribution in [0.5, 0.6) is 0 Å². The number of fused-ring (bicyclic) bond motifs is 1. The molecular formula is C15H13N3S. The monoisotopic (exact) mass is 267 g/mol. The van der Waals surface area contributed by atoms with Gasteiger partial charge in [0.05, 0.1) is 5.69 Å². The summed E-state index contributed by atoms with van der Waals surface area (Å²) in [5, 5.41) is 3.20. The van der Waals surface area contributed by atoms with Gasteiger partial charge in [-0.05, 0) is 40.7 Å². The van der Waals surface area contributed by atoms with Crippen LogP contribution in [0.4, 0.5) is 0 Å². The van der Waals surface area contributed by atoms with Crippen molar-refractivity contribution in [3.63, 3.8) is 0 Å². The molecule has 1 heterocycles. The van der Waals surface area contributed by atoms with Gasteiger partial charge in [0.1, 0.15) is 0 Å². The van der Waals surface area contributed by atoms with E-state index < -0.39 is 0 Å². The van der Waals surface area contributed by atoms with Crippen LogP contribution in [0.15, 0.2) is 64.8 Å². The van der Waals surface area contributed by atoms with Crippen LogP contribution < -0.4 is 5.73 Å². The summed E-state index contributed by atoms with van der Waals surface area (Å²) in [4.78, 5) is 9.78. The molecule has 0 aliphatic carbocycles. The van der Waals surface area contributed by atoms with Crippen LogP contribution in [-0.2, 0) is 6.54 Å². The fourth-order valence-electron chi connectivity index (χ4n) is 1.88. The SMILES string of the molecule is NCc1ccnc(Sc2ccc3ccccc3c2)n1. The molecule has 4 heteroatoms. The Bertz CT molecular complexity index is 712. The first-order valence-corrected chi connectivity index (χ1v) is 6.85. The third kappa shape index (κ3) is 2.75. The topological polar surface area (TPSA) is 51.8 Å². The van der Waals surface area contributed by atoms with E-state index in [-0.39, 0.29) is 0 Å². The van der Waals surface area contributed by atoms with Gasteiger partial charge in [0.15, 0.2) is 5.16 Å². The maximum atomic E-state index is 5.59. The molecule has 2 aromatic carbocycles. The van der Waals surface area contributed by atoms with Crippen molar-refractivity contribution in [3.8, 4) is 0 Å². The molecule has 3 rings (SSSR count).